The maximum Gasteiger partial charge on any atom is 0.0720 e. The highest BCUT2D eigenvalue weighted by atomic mass is 16.5. The number of benzene rings is 2. The molecule has 1 aliphatic carbocycles. The smallest absolute Gasteiger partial charge is 0.0720 e. The fourth-order valence-electron chi connectivity index (χ4n) is 4.21. The third kappa shape index (κ3) is 5.47. The Morgan fingerprint density at radius 1 is 1.00 bits per heavy atom. The van der Waals surface area contributed by atoms with Crippen LogP contribution in [-0.4, -0.2) is 35.4 Å². The van der Waals surface area contributed by atoms with Crippen molar-refractivity contribution in [3.63, 3.8) is 0 Å². The van der Waals surface area contributed by atoms with Gasteiger partial charge in [-0.05, 0) is 73.7 Å². The first-order valence-corrected chi connectivity index (χ1v) is 10.9. The number of aromatic nitrogens is 1. The highest BCUT2D eigenvalue weighted by Crippen LogP contribution is 2.27. The van der Waals surface area contributed by atoms with Crippen LogP contribution in [0.15, 0.2) is 48.5 Å². The third-order valence-corrected chi connectivity index (χ3v) is 5.84. The highest BCUT2D eigenvalue weighted by Gasteiger charge is 2.15. The van der Waals surface area contributed by atoms with Crippen molar-refractivity contribution in [2.75, 3.05) is 13.1 Å². The molecule has 2 heterocycles. The standard InChI is InChI=1S/C21H23NO.C4H9NO/c1-15-11-19-13-18(9-10-21(19)22-15)17-6-4-5-16(12-17)14-23-20-7-2-3-8-20;6-4-1-2-5-3-4/h4-6,9-13,20,22H,2-3,7-8,14H2,1H3;4-6H,1-3H2. The Labute approximate surface area is 173 Å². The van der Waals surface area contributed by atoms with Gasteiger partial charge in [-0.25, -0.2) is 0 Å². The molecule has 0 spiro atoms. The van der Waals surface area contributed by atoms with Crippen LogP contribution in [0.2, 0.25) is 0 Å². The number of hydrogen-bond donors (Lipinski definition) is 3. The SMILES string of the molecule is Cc1cc2cc(-c3cccc(COC4CCCC4)c3)ccc2[nH]1.OC1CCNC1. The molecule has 1 aliphatic heterocycles. The summed E-state index contributed by atoms with van der Waals surface area (Å²) < 4.78 is 6.05. The summed E-state index contributed by atoms with van der Waals surface area (Å²) in [5, 5.41) is 13.0. The van der Waals surface area contributed by atoms with Crippen molar-refractivity contribution in [1.29, 1.82) is 0 Å². The van der Waals surface area contributed by atoms with Crippen molar-refractivity contribution in [2.45, 2.75) is 57.8 Å². The number of fused-ring (bicyclic) bond motifs is 1. The highest BCUT2D eigenvalue weighted by molar-refractivity contribution is 5.85. The van der Waals surface area contributed by atoms with Gasteiger partial charge in [-0.2, -0.15) is 0 Å². The molecular weight excluding hydrogens is 360 g/mol. The Hall–Kier alpha value is -2.14. The van der Waals surface area contributed by atoms with E-state index in [9.17, 15) is 0 Å². The number of aryl methyl sites for hydroxylation is 1. The summed E-state index contributed by atoms with van der Waals surface area (Å²) in [5.74, 6) is 0. The minimum absolute atomic E-state index is 0.0648. The van der Waals surface area contributed by atoms with Gasteiger partial charge >= 0.3 is 0 Å². The summed E-state index contributed by atoms with van der Waals surface area (Å²) in [6.07, 6.45) is 6.43. The summed E-state index contributed by atoms with van der Waals surface area (Å²) in [7, 11) is 0. The van der Waals surface area contributed by atoms with Crippen LogP contribution in [0.1, 0.15) is 43.4 Å². The molecule has 1 saturated heterocycles. The number of hydrogen-bond acceptors (Lipinski definition) is 3. The molecule has 29 heavy (non-hydrogen) atoms. The second-order valence-electron chi connectivity index (χ2n) is 8.32. The number of aromatic amines is 1. The Kier molecular flexibility index (Phi) is 6.65. The van der Waals surface area contributed by atoms with Gasteiger partial charge in [0.25, 0.3) is 0 Å². The van der Waals surface area contributed by atoms with E-state index in [0.29, 0.717) is 6.10 Å². The molecule has 1 saturated carbocycles. The average molecular weight is 393 g/mol. The lowest BCUT2D eigenvalue weighted by Gasteiger charge is -2.12. The molecule has 154 valence electrons. The van der Waals surface area contributed by atoms with E-state index < -0.39 is 0 Å². The van der Waals surface area contributed by atoms with Gasteiger partial charge in [0.1, 0.15) is 0 Å². The lowest BCUT2D eigenvalue weighted by Crippen LogP contribution is -2.11. The van der Waals surface area contributed by atoms with Gasteiger partial charge in [0.15, 0.2) is 0 Å². The zero-order valence-corrected chi connectivity index (χ0v) is 17.3. The maximum absolute atomic E-state index is 8.67. The Balaban J connectivity index is 0.000000294. The molecule has 3 aromatic rings. The third-order valence-electron chi connectivity index (χ3n) is 5.84. The zero-order valence-electron chi connectivity index (χ0n) is 17.3. The van der Waals surface area contributed by atoms with Crippen LogP contribution in [-0.2, 0) is 11.3 Å². The summed E-state index contributed by atoms with van der Waals surface area (Å²) in [5.41, 5.74) is 6.19. The number of aliphatic hydroxyl groups excluding tert-OH is 1. The molecule has 0 bridgehead atoms. The summed E-state index contributed by atoms with van der Waals surface area (Å²) in [4.78, 5) is 3.38. The van der Waals surface area contributed by atoms with Crippen molar-refractivity contribution in [1.82, 2.24) is 10.3 Å². The molecule has 1 atom stereocenters. The molecule has 0 radical (unpaired) electrons. The molecule has 2 fully saturated rings. The first kappa shape index (κ1) is 20.1. The molecule has 4 nitrogen and oxygen atoms in total. The molecule has 3 N–H and O–H groups in total. The van der Waals surface area contributed by atoms with Crippen molar-refractivity contribution >= 4 is 10.9 Å². The summed E-state index contributed by atoms with van der Waals surface area (Å²) in [6.45, 7) is 4.60. The van der Waals surface area contributed by atoms with Crippen molar-refractivity contribution < 1.29 is 9.84 Å². The van der Waals surface area contributed by atoms with Crippen molar-refractivity contribution in [3.8, 4) is 11.1 Å². The Morgan fingerprint density at radius 2 is 1.83 bits per heavy atom. The lowest BCUT2D eigenvalue weighted by atomic mass is 10.0. The lowest BCUT2D eigenvalue weighted by molar-refractivity contribution is 0.0457. The topological polar surface area (TPSA) is 57.3 Å². The van der Waals surface area contributed by atoms with Crippen LogP contribution in [0.5, 0.6) is 0 Å². The minimum atomic E-state index is -0.0648. The van der Waals surface area contributed by atoms with Crippen LogP contribution < -0.4 is 5.32 Å². The van der Waals surface area contributed by atoms with E-state index in [1.54, 1.807) is 0 Å². The van der Waals surface area contributed by atoms with Gasteiger partial charge in [0, 0.05) is 23.1 Å². The summed E-state index contributed by atoms with van der Waals surface area (Å²) in [6, 6.07) is 17.6. The first-order valence-electron chi connectivity index (χ1n) is 10.9. The van der Waals surface area contributed by atoms with Crippen LogP contribution in [0.4, 0.5) is 0 Å². The number of aliphatic hydroxyl groups is 1. The fraction of sp³-hybridized carbons (Fsp3) is 0.440. The Bertz CT molecular complexity index is 921. The molecule has 5 rings (SSSR count). The van der Waals surface area contributed by atoms with Crippen LogP contribution >= 0.6 is 0 Å². The molecule has 2 aromatic carbocycles. The Morgan fingerprint density at radius 3 is 2.55 bits per heavy atom. The van der Waals surface area contributed by atoms with Crippen molar-refractivity contribution in [3.05, 3.63) is 59.8 Å². The van der Waals surface area contributed by atoms with Gasteiger partial charge < -0.3 is 20.1 Å². The van der Waals surface area contributed by atoms with E-state index in [0.717, 1.165) is 26.1 Å². The number of ether oxygens (including phenoxy) is 1. The van der Waals surface area contributed by atoms with Gasteiger partial charge in [-0.3, -0.25) is 0 Å². The van der Waals surface area contributed by atoms with Gasteiger partial charge in [-0.1, -0.05) is 37.1 Å². The van der Waals surface area contributed by atoms with E-state index >= 15 is 0 Å². The summed E-state index contributed by atoms with van der Waals surface area (Å²) >= 11 is 0. The monoisotopic (exact) mass is 392 g/mol. The van der Waals surface area contributed by atoms with Crippen LogP contribution in [0.25, 0.3) is 22.0 Å². The largest absolute Gasteiger partial charge is 0.392 e. The predicted molar refractivity (Wildman–Crippen MR) is 119 cm³/mol. The molecular formula is C25H32N2O2. The van der Waals surface area contributed by atoms with E-state index in [4.69, 9.17) is 9.84 Å². The van der Waals surface area contributed by atoms with Crippen LogP contribution in [0, 0.1) is 6.92 Å². The van der Waals surface area contributed by atoms with Crippen LogP contribution in [0.3, 0.4) is 0 Å². The molecule has 1 aromatic heterocycles. The minimum Gasteiger partial charge on any atom is -0.392 e. The molecule has 4 heteroatoms. The zero-order chi connectivity index (χ0) is 20.1. The molecule has 2 aliphatic rings. The second-order valence-corrected chi connectivity index (χ2v) is 8.32. The number of rotatable bonds is 4. The van der Waals surface area contributed by atoms with E-state index in [1.165, 1.54) is 59.0 Å². The first-order chi connectivity index (χ1) is 14.2. The van der Waals surface area contributed by atoms with Gasteiger partial charge in [0.2, 0.25) is 0 Å². The number of nitrogens with one attached hydrogen (secondary N) is 2. The average Bonchev–Trinajstić information content (AvgIpc) is 3.48. The second kappa shape index (κ2) is 9.57. The quantitative estimate of drug-likeness (QED) is 0.589. The normalized spacial score (nSPS) is 19.4. The maximum atomic E-state index is 8.67. The predicted octanol–water partition coefficient (Wildman–Crippen LogP) is 4.94. The van der Waals surface area contributed by atoms with Gasteiger partial charge in [-0.15, -0.1) is 0 Å². The fourth-order valence-corrected chi connectivity index (χ4v) is 4.21. The van der Waals surface area contributed by atoms with Gasteiger partial charge in [0.05, 0.1) is 18.8 Å². The number of H-pyrrole nitrogens is 1. The molecule has 1 unspecified atom stereocenters. The van der Waals surface area contributed by atoms with Crippen molar-refractivity contribution in [2.24, 2.45) is 0 Å². The number of β-amino-alcohol motifs (C(OH)–C–C–N with tert-alkyl or cyclic N) is 1. The van der Waals surface area contributed by atoms with E-state index in [1.807, 2.05) is 0 Å². The van der Waals surface area contributed by atoms with E-state index in [-0.39, 0.29) is 6.10 Å². The molecule has 0 amide bonds. The van der Waals surface area contributed by atoms with E-state index in [2.05, 4.69) is 65.8 Å².